The fourth-order valence-corrected chi connectivity index (χ4v) is 3.11. The number of carbonyl (C=O) groups excluding carboxylic acids is 3. The number of nitrogens with one attached hydrogen (secondary N) is 3. The molecule has 40 heavy (non-hydrogen) atoms. The second kappa shape index (κ2) is 16.1. The van der Waals surface area contributed by atoms with Crippen molar-refractivity contribution in [1.29, 1.82) is 0 Å². The number of hydrazine groups is 1. The summed E-state index contributed by atoms with van der Waals surface area (Å²) in [5, 5.41) is 16.3. The van der Waals surface area contributed by atoms with E-state index in [0.29, 0.717) is 18.4 Å². The molecule has 0 aromatic heterocycles. The highest BCUT2D eigenvalue weighted by Crippen LogP contribution is 2.11. The molecule has 0 unspecified atom stereocenters. The zero-order chi connectivity index (χ0) is 30.3. The lowest BCUT2D eigenvalue weighted by atomic mass is 10.1. The Bertz CT molecular complexity index is 1010. The molecule has 224 valence electrons. The molecule has 1 rings (SSSR count). The van der Waals surface area contributed by atoms with Crippen LogP contribution >= 0.6 is 0 Å². The molecule has 0 radical (unpaired) electrons. The molecule has 0 saturated heterocycles. The summed E-state index contributed by atoms with van der Waals surface area (Å²) in [4.78, 5) is 57.3. The van der Waals surface area contributed by atoms with E-state index >= 15 is 0 Å². The van der Waals surface area contributed by atoms with Gasteiger partial charge in [0.15, 0.2) is 5.03 Å². The number of hydrogen-bond acceptors (Lipinski definition) is 10. The van der Waals surface area contributed by atoms with Crippen molar-refractivity contribution < 1.29 is 33.7 Å². The summed E-state index contributed by atoms with van der Waals surface area (Å²) < 4.78 is 10.6. The Morgan fingerprint density at radius 1 is 1.05 bits per heavy atom. The van der Waals surface area contributed by atoms with Gasteiger partial charge >= 0.3 is 18.2 Å². The average Bonchev–Trinajstić information content (AvgIpc) is 2.79. The third-order valence-electron chi connectivity index (χ3n) is 4.59. The number of hydrogen-bond donors (Lipinski definition) is 4. The number of guanidine groups is 1. The molecule has 2 amide bonds. The minimum atomic E-state index is -0.823. The van der Waals surface area contributed by atoms with E-state index in [1.54, 1.807) is 77.3 Å². The smallest absolute Gasteiger partial charge is 0.407 e. The summed E-state index contributed by atoms with van der Waals surface area (Å²) in [7, 11) is 0. The Balaban J connectivity index is 2.99. The van der Waals surface area contributed by atoms with Crippen molar-refractivity contribution in [1.82, 2.24) is 21.1 Å². The van der Waals surface area contributed by atoms with Gasteiger partial charge in [-0.1, -0.05) is 23.6 Å². The molecule has 0 aliphatic carbocycles. The minimum Gasteiger partial charge on any atom is -0.444 e. The van der Waals surface area contributed by atoms with E-state index in [1.165, 1.54) is 5.06 Å². The molecule has 0 bridgehead atoms. The fraction of sp³-hybridized carbons (Fsp3) is 0.600. The van der Waals surface area contributed by atoms with Crippen molar-refractivity contribution in [2.24, 2.45) is 10.7 Å². The first-order valence-electron chi connectivity index (χ1n) is 12.7. The van der Waals surface area contributed by atoms with Gasteiger partial charge in [0.25, 0.3) is 5.96 Å². The highest BCUT2D eigenvalue weighted by Gasteiger charge is 2.24. The van der Waals surface area contributed by atoms with Crippen molar-refractivity contribution in [2.45, 2.75) is 71.6 Å². The van der Waals surface area contributed by atoms with E-state index in [1.807, 2.05) is 0 Å². The molecular weight excluding hydrogens is 526 g/mol. The van der Waals surface area contributed by atoms with Crippen molar-refractivity contribution in [3.8, 4) is 0 Å². The third-order valence-corrected chi connectivity index (χ3v) is 4.59. The number of ether oxygens (including phenoxy) is 2. The van der Waals surface area contributed by atoms with E-state index in [0.717, 1.165) is 0 Å². The average molecular weight is 568 g/mol. The number of nitrogens with zero attached hydrogens (tertiary/aromatic N) is 3. The van der Waals surface area contributed by atoms with Gasteiger partial charge in [0.05, 0.1) is 18.7 Å². The fourth-order valence-electron chi connectivity index (χ4n) is 3.11. The molecule has 1 aromatic rings. The quantitative estimate of drug-likeness (QED) is 0.0896. The number of aliphatic imine (C=N–C) groups is 1. The number of rotatable bonds is 13. The first kappa shape index (κ1) is 33.9. The van der Waals surface area contributed by atoms with Crippen LogP contribution in [0.3, 0.4) is 0 Å². The lowest BCUT2D eigenvalue weighted by Gasteiger charge is -2.28. The molecule has 5 N–H and O–H groups in total. The van der Waals surface area contributed by atoms with Gasteiger partial charge in [0.1, 0.15) is 11.2 Å². The first-order chi connectivity index (χ1) is 18.5. The van der Waals surface area contributed by atoms with Gasteiger partial charge in [0.2, 0.25) is 0 Å². The molecule has 1 aromatic carbocycles. The van der Waals surface area contributed by atoms with Crippen molar-refractivity contribution in [3.63, 3.8) is 0 Å². The minimum absolute atomic E-state index is 0.0279. The zero-order valence-electron chi connectivity index (χ0n) is 23.9. The lowest BCUT2D eigenvalue weighted by molar-refractivity contribution is -0.525. The highest BCUT2D eigenvalue weighted by atomic mass is 16.7. The number of hydroxylamine groups is 2. The molecule has 0 saturated carbocycles. The number of nitrogens with two attached hydrogens (primary N) is 1. The van der Waals surface area contributed by atoms with Crippen molar-refractivity contribution in [3.05, 3.63) is 46.0 Å². The first-order valence-corrected chi connectivity index (χ1v) is 12.7. The predicted octanol–water partition coefficient (Wildman–Crippen LogP) is 2.35. The van der Waals surface area contributed by atoms with Gasteiger partial charge in [0, 0.05) is 19.1 Å². The van der Waals surface area contributed by atoms with Gasteiger partial charge in [-0.05, 0) is 66.5 Å². The Morgan fingerprint density at radius 2 is 1.65 bits per heavy atom. The zero-order valence-corrected chi connectivity index (χ0v) is 23.9. The summed E-state index contributed by atoms with van der Waals surface area (Å²) in [6, 6.07) is 7.74. The Labute approximate surface area is 233 Å². The number of benzene rings is 1. The van der Waals surface area contributed by atoms with Crippen LogP contribution in [-0.4, -0.2) is 77.6 Å². The molecule has 0 heterocycles. The molecule has 15 heteroatoms. The monoisotopic (exact) mass is 567 g/mol. The van der Waals surface area contributed by atoms with E-state index in [4.69, 9.17) is 20.0 Å². The Hall–Kier alpha value is -4.14. The standard InChI is InChI=1S/C25H41N7O8/c1-24(2,3)38-22(34)28-15-16-31(40-20(33)18-11-8-7-9-12-18)17-19(29-23(35)39-25(4,5)6)13-10-14-27-21(26)30-32(36)37/h7-9,11-12,19H,10,13-17H2,1-6H3,(H,28,34)(H,29,35)(H3,26,27,30)/t19-/m0/s1. The summed E-state index contributed by atoms with van der Waals surface area (Å²) in [5.74, 6) is -0.981. The largest absolute Gasteiger partial charge is 0.444 e. The molecule has 1 atom stereocenters. The van der Waals surface area contributed by atoms with Crippen LogP contribution in [0.5, 0.6) is 0 Å². The Morgan fingerprint density at radius 3 is 2.23 bits per heavy atom. The van der Waals surface area contributed by atoms with Crippen LogP contribution in [0.4, 0.5) is 9.59 Å². The molecule has 0 fully saturated rings. The highest BCUT2D eigenvalue weighted by molar-refractivity contribution is 5.89. The maximum Gasteiger partial charge on any atom is 0.407 e. The van der Waals surface area contributed by atoms with Crippen molar-refractivity contribution in [2.75, 3.05) is 26.2 Å². The van der Waals surface area contributed by atoms with Gasteiger partial charge in [-0.2, -0.15) is 0 Å². The van der Waals surface area contributed by atoms with E-state index in [2.05, 4.69) is 15.6 Å². The second-order valence-corrected chi connectivity index (χ2v) is 10.7. The topological polar surface area (TPSA) is 200 Å². The van der Waals surface area contributed by atoms with Gasteiger partial charge < -0.3 is 30.7 Å². The van der Waals surface area contributed by atoms with Gasteiger partial charge in [-0.15, -0.1) is 5.06 Å². The van der Waals surface area contributed by atoms with Crippen LogP contribution in [0.25, 0.3) is 0 Å². The van der Waals surface area contributed by atoms with Crippen molar-refractivity contribution >= 4 is 24.1 Å². The summed E-state index contributed by atoms with van der Waals surface area (Å²) in [6.45, 7) is 10.7. The molecule has 15 nitrogen and oxygen atoms in total. The number of alkyl carbamates (subject to hydrolysis) is 2. The lowest BCUT2D eigenvalue weighted by Crippen LogP contribution is -2.48. The van der Waals surface area contributed by atoms with Crippen LogP contribution in [-0.2, 0) is 14.3 Å². The van der Waals surface area contributed by atoms with Crippen LogP contribution in [0.1, 0.15) is 64.7 Å². The van der Waals surface area contributed by atoms with E-state index in [9.17, 15) is 24.5 Å². The van der Waals surface area contributed by atoms with Crippen LogP contribution < -0.4 is 21.8 Å². The summed E-state index contributed by atoms with van der Waals surface area (Å²) >= 11 is 0. The number of carbonyl (C=O) groups is 3. The summed E-state index contributed by atoms with van der Waals surface area (Å²) in [6.07, 6.45) is -0.620. The second-order valence-electron chi connectivity index (χ2n) is 10.7. The maximum absolute atomic E-state index is 12.8. The van der Waals surface area contributed by atoms with E-state index < -0.39 is 40.4 Å². The summed E-state index contributed by atoms with van der Waals surface area (Å²) in [5.41, 5.74) is 6.07. The normalized spacial score (nSPS) is 12.7. The van der Waals surface area contributed by atoms with Crippen LogP contribution in [0, 0.1) is 10.1 Å². The number of nitro groups is 1. The maximum atomic E-state index is 12.8. The molecule has 0 aliphatic rings. The van der Waals surface area contributed by atoms with Crippen LogP contribution in [0.15, 0.2) is 35.3 Å². The predicted molar refractivity (Wildman–Crippen MR) is 147 cm³/mol. The molecular formula is C25H41N7O8. The number of amides is 2. The van der Waals surface area contributed by atoms with Gasteiger partial charge in [-0.25, -0.2) is 29.5 Å². The molecule has 0 aliphatic heterocycles. The third kappa shape index (κ3) is 16.7. The SMILES string of the molecule is CC(C)(C)OC(=O)NCCN(C[C@H](CCCN=C(N)N[N+](=O)[O-])NC(=O)OC(C)(C)C)OC(=O)c1ccccc1. The van der Waals surface area contributed by atoms with E-state index in [-0.39, 0.29) is 32.1 Å². The van der Waals surface area contributed by atoms with Gasteiger partial charge in [-0.3, -0.25) is 0 Å². The Kier molecular flexibility index (Phi) is 13.6. The molecule has 0 spiro atoms. The van der Waals surface area contributed by atoms with Crippen LogP contribution in [0.2, 0.25) is 0 Å².